The Hall–Kier alpha value is -2.30. The topological polar surface area (TPSA) is 142 Å². The van der Waals surface area contributed by atoms with Crippen LogP contribution in [0.15, 0.2) is 11.1 Å². The maximum atomic E-state index is 12.2. The third kappa shape index (κ3) is 3.55. The Morgan fingerprint density at radius 2 is 2.28 bits per heavy atom. The number of nitrogens with zero attached hydrogens (tertiary/aromatic N) is 3. The molecule has 1 amide bonds. The number of aliphatic hydroxyl groups is 2. The van der Waals surface area contributed by atoms with Crippen molar-refractivity contribution in [1.29, 1.82) is 0 Å². The molecule has 0 aliphatic carbocycles. The Labute approximate surface area is 142 Å². The van der Waals surface area contributed by atoms with Gasteiger partial charge in [0.25, 0.3) is 5.56 Å². The predicted molar refractivity (Wildman–Crippen MR) is 87.9 cm³/mol. The summed E-state index contributed by atoms with van der Waals surface area (Å²) < 4.78 is 7.26. The molecule has 1 aliphatic heterocycles. The summed E-state index contributed by atoms with van der Waals surface area (Å²) >= 11 is 0. The number of aromatic amines is 1. The number of amides is 1. The summed E-state index contributed by atoms with van der Waals surface area (Å²) in [6.45, 7) is 3.23. The van der Waals surface area contributed by atoms with Crippen LogP contribution in [0.3, 0.4) is 0 Å². The second-order valence-corrected chi connectivity index (χ2v) is 6.40. The minimum absolute atomic E-state index is 0.0213. The summed E-state index contributed by atoms with van der Waals surface area (Å²) in [7, 11) is 0. The molecule has 25 heavy (non-hydrogen) atoms. The van der Waals surface area contributed by atoms with Gasteiger partial charge in [-0.1, -0.05) is 13.8 Å². The predicted octanol–water partition coefficient (Wildman–Crippen LogP) is -0.255. The molecule has 0 spiro atoms. The average Bonchev–Trinajstić information content (AvgIpc) is 2.98. The molecule has 1 saturated heterocycles. The van der Waals surface area contributed by atoms with E-state index in [1.807, 2.05) is 0 Å². The SMILES string of the molecule is CC(C)C(=O)Nc1nc2c(ncn2C2C[C@H](O)CC(CO)O2)c(=O)[nH]1. The highest BCUT2D eigenvalue weighted by Crippen LogP contribution is 2.28. The van der Waals surface area contributed by atoms with Crippen LogP contribution in [0.5, 0.6) is 0 Å². The van der Waals surface area contributed by atoms with Gasteiger partial charge < -0.3 is 14.9 Å². The lowest BCUT2D eigenvalue weighted by atomic mass is 10.0. The maximum Gasteiger partial charge on any atom is 0.280 e. The number of hydrogen-bond donors (Lipinski definition) is 4. The van der Waals surface area contributed by atoms with Crippen molar-refractivity contribution in [3.63, 3.8) is 0 Å². The lowest BCUT2D eigenvalue weighted by Gasteiger charge is -2.32. The molecular formula is C15H21N5O5. The first-order valence-corrected chi connectivity index (χ1v) is 8.11. The molecule has 3 rings (SSSR count). The van der Waals surface area contributed by atoms with E-state index in [1.165, 1.54) is 10.9 Å². The number of rotatable bonds is 4. The molecule has 136 valence electrons. The zero-order valence-corrected chi connectivity index (χ0v) is 14.0. The second-order valence-electron chi connectivity index (χ2n) is 6.40. The van der Waals surface area contributed by atoms with Crippen LogP contribution in [0.25, 0.3) is 11.2 Å². The summed E-state index contributed by atoms with van der Waals surface area (Å²) in [6, 6.07) is 0. The fourth-order valence-corrected chi connectivity index (χ4v) is 2.72. The lowest BCUT2D eigenvalue weighted by molar-refractivity contribution is -0.140. The van der Waals surface area contributed by atoms with Gasteiger partial charge in [-0.3, -0.25) is 24.5 Å². The highest BCUT2D eigenvalue weighted by Gasteiger charge is 2.30. The normalized spacial score (nSPS) is 24.0. The Morgan fingerprint density at radius 1 is 1.52 bits per heavy atom. The highest BCUT2D eigenvalue weighted by molar-refractivity contribution is 5.91. The van der Waals surface area contributed by atoms with E-state index in [9.17, 15) is 19.8 Å². The van der Waals surface area contributed by atoms with Crippen molar-refractivity contribution in [2.45, 2.75) is 45.1 Å². The molecule has 4 N–H and O–H groups in total. The number of aliphatic hydroxyl groups excluding tert-OH is 2. The van der Waals surface area contributed by atoms with Crippen molar-refractivity contribution < 1.29 is 19.7 Å². The van der Waals surface area contributed by atoms with Gasteiger partial charge in [0.1, 0.15) is 6.23 Å². The molecule has 3 atom stereocenters. The van der Waals surface area contributed by atoms with Crippen molar-refractivity contribution in [1.82, 2.24) is 19.5 Å². The van der Waals surface area contributed by atoms with Gasteiger partial charge in [0.15, 0.2) is 11.2 Å². The molecule has 2 unspecified atom stereocenters. The molecule has 0 aromatic carbocycles. The number of carbonyl (C=O) groups is 1. The highest BCUT2D eigenvalue weighted by atomic mass is 16.5. The van der Waals surface area contributed by atoms with Gasteiger partial charge >= 0.3 is 0 Å². The monoisotopic (exact) mass is 351 g/mol. The van der Waals surface area contributed by atoms with E-state index >= 15 is 0 Å². The van der Waals surface area contributed by atoms with Crippen LogP contribution in [-0.2, 0) is 9.53 Å². The minimum Gasteiger partial charge on any atom is -0.394 e. The van der Waals surface area contributed by atoms with E-state index in [4.69, 9.17) is 4.74 Å². The quantitative estimate of drug-likeness (QED) is 0.594. The molecule has 2 aromatic rings. The first-order chi connectivity index (χ1) is 11.9. The first-order valence-electron chi connectivity index (χ1n) is 8.11. The molecule has 0 bridgehead atoms. The molecule has 2 aromatic heterocycles. The molecular weight excluding hydrogens is 330 g/mol. The first kappa shape index (κ1) is 17.5. The summed E-state index contributed by atoms with van der Waals surface area (Å²) in [6.07, 6.45) is 0.253. The van der Waals surface area contributed by atoms with Crippen LogP contribution in [0, 0.1) is 5.92 Å². The van der Waals surface area contributed by atoms with E-state index in [0.29, 0.717) is 6.42 Å². The van der Waals surface area contributed by atoms with Crippen molar-refractivity contribution in [3.05, 3.63) is 16.7 Å². The number of hydrogen-bond acceptors (Lipinski definition) is 7. The number of aromatic nitrogens is 4. The van der Waals surface area contributed by atoms with Gasteiger partial charge in [0.05, 0.1) is 25.1 Å². The van der Waals surface area contributed by atoms with Crippen LogP contribution >= 0.6 is 0 Å². The second kappa shape index (κ2) is 6.90. The van der Waals surface area contributed by atoms with E-state index in [2.05, 4.69) is 20.3 Å². The maximum absolute atomic E-state index is 12.2. The third-order valence-electron chi connectivity index (χ3n) is 4.07. The molecule has 0 radical (unpaired) electrons. The van der Waals surface area contributed by atoms with Crippen LogP contribution in [0.2, 0.25) is 0 Å². The van der Waals surface area contributed by atoms with Crippen molar-refractivity contribution >= 4 is 23.0 Å². The van der Waals surface area contributed by atoms with Crippen molar-refractivity contribution in [3.8, 4) is 0 Å². The largest absolute Gasteiger partial charge is 0.394 e. The fourth-order valence-electron chi connectivity index (χ4n) is 2.72. The number of ether oxygens (including phenoxy) is 1. The molecule has 3 heterocycles. The fraction of sp³-hybridized carbons (Fsp3) is 0.600. The summed E-state index contributed by atoms with van der Waals surface area (Å²) in [5.41, 5.74) is -0.150. The van der Waals surface area contributed by atoms with Gasteiger partial charge in [-0.2, -0.15) is 4.98 Å². The number of carbonyl (C=O) groups excluding carboxylic acids is 1. The van der Waals surface area contributed by atoms with Crippen molar-refractivity contribution in [2.24, 2.45) is 5.92 Å². The zero-order valence-electron chi connectivity index (χ0n) is 14.0. The van der Waals surface area contributed by atoms with Crippen LogP contribution in [-0.4, -0.2) is 54.5 Å². The summed E-state index contributed by atoms with van der Waals surface area (Å²) in [5.74, 6) is -0.528. The van der Waals surface area contributed by atoms with Gasteiger partial charge in [-0.15, -0.1) is 0 Å². The number of H-pyrrole nitrogens is 1. The van der Waals surface area contributed by atoms with E-state index in [1.54, 1.807) is 13.8 Å². The van der Waals surface area contributed by atoms with E-state index in [-0.39, 0.29) is 42.0 Å². The van der Waals surface area contributed by atoms with Gasteiger partial charge in [-0.25, -0.2) is 4.98 Å². The molecule has 1 aliphatic rings. The van der Waals surface area contributed by atoms with Gasteiger partial charge in [-0.05, 0) is 0 Å². The Balaban J connectivity index is 1.97. The average molecular weight is 351 g/mol. The Bertz CT molecular complexity index is 829. The number of nitrogens with one attached hydrogen (secondary N) is 2. The number of anilines is 1. The number of fused-ring (bicyclic) bond motifs is 1. The third-order valence-corrected chi connectivity index (χ3v) is 4.07. The molecule has 0 saturated carbocycles. The van der Waals surface area contributed by atoms with E-state index in [0.717, 1.165) is 0 Å². The Morgan fingerprint density at radius 3 is 2.96 bits per heavy atom. The summed E-state index contributed by atoms with van der Waals surface area (Å²) in [4.78, 5) is 34.8. The molecule has 1 fully saturated rings. The lowest BCUT2D eigenvalue weighted by Crippen LogP contribution is -2.35. The minimum atomic E-state index is -0.643. The molecule has 10 heteroatoms. The molecule has 10 nitrogen and oxygen atoms in total. The van der Waals surface area contributed by atoms with Gasteiger partial charge in [0.2, 0.25) is 11.9 Å². The Kier molecular flexibility index (Phi) is 4.84. The summed E-state index contributed by atoms with van der Waals surface area (Å²) in [5, 5.41) is 21.8. The van der Waals surface area contributed by atoms with Gasteiger partial charge in [0, 0.05) is 18.8 Å². The standard InChI is InChI=1S/C15H21N5O5/c1-7(2)13(23)18-15-17-12-11(14(24)19-15)16-6-20(12)10-4-8(22)3-9(5-21)25-10/h6-10,21-22H,3-5H2,1-2H3,(H2,17,18,19,23,24)/t8-,9?,10?/m1/s1. The van der Waals surface area contributed by atoms with Crippen molar-refractivity contribution in [2.75, 3.05) is 11.9 Å². The number of imidazole rings is 1. The van der Waals surface area contributed by atoms with E-state index < -0.39 is 24.0 Å². The van der Waals surface area contributed by atoms with Crippen LogP contribution in [0.1, 0.15) is 32.9 Å². The van der Waals surface area contributed by atoms with Crippen LogP contribution in [0.4, 0.5) is 5.95 Å². The zero-order chi connectivity index (χ0) is 18.1. The van der Waals surface area contributed by atoms with Crippen LogP contribution < -0.4 is 10.9 Å². The smallest absolute Gasteiger partial charge is 0.280 e.